The van der Waals surface area contributed by atoms with Crippen molar-refractivity contribution in [3.63, 3.8) is 0 Å². The van der Waals surface area contributed by atoms with E-state index in [2.05, 4.69) is 39.8 Å². The minimum atomic E-state index is -1.87. The summed E-state index contributed by atoms with van der Waals surface area (Å²) in [7, 11) is -1.87. The van der Waals surface area contributed by atoms with E-state index in [1.807, 2.05) is 0 Å². The quantitative estimate of drug-likeness (QED) is 0.595. The van der Waals surface area contributed by atoms with Crippen molar-refractivity contribution in [3.8, 4) is 12.3 Å². The molecule has 0 fully saturated rings. The maximum absolute atomic E-state index is 10.9. The third kappa shape index (κ3) is 4.38. The second-order valence-corrected chi connectivity index (χ2v) is 10.3. The molecule has 1 N–H and O–H groups in total. The van der Waals surface area contributed by atoms with Crippen molar-refractivity contribution in [1.82, 2.24) is 0 Å². The van der Waals surface area contributed by atoms with Gasteiger partial charge >= 0.3 is 5.97 Å². The van der Waals surface area contributed by atoms with Crippen LogP contribution in [0.4, 0.5) is 0 Å². The molecule has 0 aromatic heterocycles. The molecule has 0 aliphatic heterocycles. The largest absolute Gasteiger partial charge is 0.481 e. The van der Waals surface area contributed by atoms with Crippen LogP contribution in [0.1, 0.15) is 27.2 Å². The number of terminal acetylenes is 1. The number of rotatable bonds is 5. The summed E-state index contributed by atoms with van der Waals surface area (Å²) in [5.41, 5.74) is 0. The lowest BCUT2D eigenvalue weighted by atomic mass is 10.1. The Bertz CT molecular complexity index is 284. The van der Waals surface area contributed by atoms with E-state index in [-0.39, 0.29) is 18.1 Å². The molecule has 0 aliphatic carbocycles. The summed E-state index contributed by atoms with van der Waals surface area (Å²) in [4.78, 5) is 10.9. The van der Waals surface area contributed by atoms with Gasteiger partial charge in [0.2, 0.25) is 0 Å². The predicted molar refractivity (Wildman–Crippen MR) is 67.7 cm³/mol. The normalized spacial score (nSPS) is 14.2. The molecule has 3 nitrogen and oxygen atoms in total. The van der Waals surface area contributed by atoms with E-state index in [0.29, 0.717) is 0 Å². The number of carboxylic acid groups (broad SMARTS) is 1. The minimum absolute atomic E-state index is 0.0895. The average Bonchev–Trinajstić information content (AvgIpc) is 2.09. The van der Waals surface area contributed by atoms with Gasteiger partial charge in [0.15, 0.2) is 8.32 Å². The first-order valence-corrected chi connectivity index (χ1v) is 8.33. The maximum Gasteiger partial charge on any atom is 0.309 e. The van der Waals surface area contributed by atoms with Crippen molar-refractivity contribution >= 4 is 14.3 Å². The molecule has 92 valence electrons. The van der Waals surface area contributed by atoms with Gasteiger partial charge < -0.3 is 9.53 Å². The SMILES string of the molecule is C#CCC(CO[Si](C)(C)C(C)(C)C)C(=O)O. The van der Waals surface area contributed by atoms with Crippen LogP contribution in [0.5, 0.6) is 0 Å². The highest BCUT2D eigenvalue weighted by molar-refractivity contribution is 6.74. The molecule has 0 rings (SSSR count). The highest BCUT2D eigenvalue weighted by Crippen LogP contribution is 2.36. The molecule has 4 heteroatoms. The van der Waals surface area contributed by atoms with Gasteiger partial charge in [-0.25, -0.2) is 0 Å². The molecular weight excluding hydrogens is 220 g/mol. The minimum Gasteiger partial charge on any atom is -0.481 e. The van der Waals surface area contributed by atoms with Gasteiger partial charge in [-0.3, -0.25) is 4.79 Å². The van der Waals surface area contributed by atoms with Gasteiger partial charge in [0.05, 0.1) is 5.92 Å². The molecule has 1 unspecified atom stereocenters. The summed E-state index contributed by atoms with van der Waals surface area (Å²) < 4.78 is 5.83. The van der Waals surface area contributed by atoms with E-state index in [1.165, 1.54) is 0 Å². The van der Waals surface area contributed by atoms with Crippen LogP contribution in [0.25, 0.3) is 0 Å². The molecule has 0 spiro atoms. The summed E-state index contributed by atoms with van der Waals surface area (Å²) in [6, 6.07) is 0. The molecule has 1 atom stereocenters. The summed E-state index contributed by atoms with van der Waals surface area (Å²) in [5.74, 6) is 0.916. The molecule has 0 heterocycles. The maximum atomic E-state index is 10.9. The molecule has 0 bridgehead atoms. The number of hydrogen-bond acceptors (Lipinski definition) is 2. The first-order valence-electron chi connectivity index (χ1n) is 5.42. The zero-order valence-corrected chi connectivity index (χ0v) is 11.8. The topological polar surface area (TPSA) is 46.5 Å². The zero-order valence-electron chi connectivity index (χ0n) is 10.8. The Labute approximate surface area is 99.3 Å². The van der Waals surface area contributed by atoms with Crippen LogP contribution >= 0.6 is 0 Å². The first kappa shape index (κ1) is 15.2. The highest BCUT2D eigenvalue weighted by Gasteiger charge is 2.38. The van der Waals surface area contributed by atoms with Crippen molar-refractivity contribution in [2.75, 3.05) is 6.61 Å². The van der Waals surface area contributed by atoms with Crippen molar-refractivity contribution < 1.29 is 14.3 Å². The zero-order chi connectivity index (χ0) is 13.0. The van der Waals surface area contributed by atoms with Crippen molar-refractivity contribution in [3.05, 3.63) is 0 Å². The summed E-state index contributed by atoms with van der Waals surface area (Å²) in [6.07, 6.45) is 5.36. The van der Waals surface area contributed by atoms with Crippen molar-refractivity contribution in [1.29, 1.82) is 0 Å². The molecule has 0 aromatic rings. The summed E-state index contributed by atoms with van der Waals surface area (Å²) in [5, 5.41) is 9.03. The van der Waals surface area contributed by atoms with Gasteiger partial charge in [-0.2, -0.15) is 0 Å². The van der Waals surface area contributed by atoms with Crippen LogP contribution in [-0.2, 0) is 9.22 Å². The third-order valence-electron chi connectivity index (χ3n) is 3.17. The van der Waals surface area contributed by atoms with Gasteiger partial charge in [-0.05, 0) is 18.1 Å². The van der Waals surface area contributed by atoms with Crippen LogP contribution in [0, 0.1) is 18.3 Å². The average molecular weight is 242 g/mol. The fourth-order valence-electron chi connectivity index (χ4n) is 0.885. The van der Waals surface area contributed by atoms with Gasteiger partial charge in [0, 0.05) is 13.0 Å². The molecular formula is C12H22O3Si. The predicted octanol–water partition coefficient (Wildman–Crippen LogP) is 2.73. The Hall–Kier alpha value is -0.793. The van der Waals surface area contributed by atoms with Crippen LogP contribution in [-0.4, -0.2) is 26.0 Å². The number of aliphatic carboxylic acids is 1. The molecule has 0 amide bonds. The standard InChI is InChI=1S/C12H22O3Si/c1-7-8-10(11(13)14)9-15-16(5,6)12(2,3)4/h1,10H,8-9H2,2-6H3,(H,13,14). The lowest BCUT2D eigenvalue weighted by molar-refractivity contribution is -0.142. The Morgan fingerprint density at radius 3 is 2.31 bits per heavy atom. The number of carboxylic acids is 1. The smallest absolute Gasteiger partial charge is 0.309 e. The van der Waals surface area contributed by atoms with Crippen LogP contribution < -0.4 is 0 Å². The Morgan fingerprint density at radius 1 is 1.50 bits per heavy atom. The van der Waals surface area contributed by atoms with Crippen LogP contribution in [0.15, 0.2) is 0 Å². The Kier molecular flexibility index (Phi) is 5.24. The van der Waals surface area contributed by atoms with Crippen molar-refractivity contribution in [2.24, 2.45) is 5.92 Å². The molecule has 16 heavy (non-hydrogen) atoms. The Morgan fingerprint density at radius 2 is 2.00 bits per heavy atom. The van der Waals surface area contributed by atoms with E-state index < -0.39 is 20.2 Å². The van der Waals surface area contributed by atoms with Gasteiger partial charge in [0.25, 0.3) is 0 Å². The monoisotopic (exact) mass is 242 g/mol. The van der Waals surface area contributed by atoms with E-state index >= 15 is 0 Å². The highest BCUT2D eigenvalue weighted by atomic mass is 28.4. The van der Waals surface area contributed by atoms with Crippen molar-refractivity contribution in [2.45, 2.75) is 45.3 Å². The van der Waals surface area contributed by atoms with Crippen LogP contribution in [0.3, 0.4) is 0 Å². The lowest BCUT2D eigenvalue weighted by Crippen LogP contribution is -2.42. The second kappa shape index (κ2) is 5.51. The molecule has 0 saturated carbocycles. The third-order valence-corrected chi connectivity index (χ3v) is 7.67. The van der Waals surface area contributed by atoms with E-state index in [9.17, 15) is 4.79 Å². The number of hydrogen-bond donors (Lipinski definition) is 1. The fraction of sp³-hybridized carbons (Fsp3) is 0.750. The van der Waals surface area contributed by atoms with Gasteiger partial charge in [-0.15, -0.1) is 12.3 Å². The number of carbonyl (C=O) groups is 1. The second-order valence-electron chi connectivity index (χ2n) is 5.51. The lowest BCUT2D eigenvalue weighted by Gasteiger charge is -2.36. The molecule has 0 aliphatic rings. The fourth-order valence-corrected chi connectivity index (χ4v) is 1.94. The molecule has 0 radical (unpaired) electrons. The van der Waals surface area contributed by atoms with Gasteiger partial charge in [-0.1, -0.05) is 20.8 Å². The van der Waals surface area contributed by atoms with E-state index in [4.69, 9.17) is 16.0 Å². The van der Waals surface area contributed by atoms with Crippen LogP contribution in [0.2, 0.25) is 18.1 Å². The van der Waals surface area contributed by atoms with E-state index in [1.54, 1.807) is 0 Å². The first-order chi connectivity index (χ1) is 7.12. The Balaban J connectivity index is 4.43. The summed E-state index contributed by atoms with van der Waals surface area (Å²) >= 11 is 0. The molecule has 0 saturated heterocycles. The molecule has 0 aromatic carbocycles. The summed E-state index contributed by atoms with van der Waals surface area (Å²) in [6.45, 7) is 10.8. The van der Waals surface area contributed by atoms with E-state index in [0.717, 1.165) is 0 Å². The van der Waals surface area contributed by atoms with Gasteiger partial charge in [0.1, 0.15) is 0 Å².